The predicted molar refractivity (Wildman–Crippen MR) is 66.3 cm³/mol. The molecular weight excluding hydrogens is 216 g/mol. The van der Waals surface area contributed by atoms with E-state index < -0.39 is 0 Å². The molecule has 1 heterocycles. The van der Waals surface area contributed by atoms with Gasteiger partial charge in [-0.2, -0.15) is 0 Å². The monoisotopic (exact) mass is 230 g/mol. The molecule has 0 spiro atoms. The SMILES string of the molecule is Nc1cnc(NC(CO)c2ccccc2)cn1. The minimum Gasteiger partial charge on any atom is -0.394 e. The van der Waals surface area contributed by atoms with Crippen LogP contribution in [0.25, 0.3) is 0 Å². The number of aliphatic hydroxyl groups excluding tert-OH is 1. The fourth-order valence-corrected chi connectivity index (χ4v) is 1.51. The fraction of sp³-hybridized carbons (Fsp3) is 0.167. The van der Waals surface area contributed by atoms with Gasteiger partial charge in [0.1, 0.15) is 11.6 Å². The Labute approximate surface area is 99.3 Å². The molecule has 0 aliphatic heterocycles. The Morgan fingerprint density at radius 3 is 2.53 bits per heavy atom. The maximum atomic E-state index is 9.36. The van der Waals surface area contributed by atoms with Crippen molar-refractivity contribution in [2.24, 2.45) is 0 Å². The number of anilines is 2. The second kappa shape index (κ2) is 5.27. The van der Waals surface area contributed by atoms with E-state index in [-0.39, 0.29) is 12.6 Å². The summed E-state index contributed by atoms with van der Waals surface area (Å²) in [5, 5.41) is 12.5. The van der Waals surface area contributed by atoms with Gasteiger partial charge in [-0.05, 0) is 5.56 Å². The molecule has 17 heavy (non-hydrogen) atoms. The Balaban J connectivity index is 2.13. The van der Waals surface area contributed by atoms with Crippen molar-refractivity contribution < 1.29 is 5.11 Å². The molecule has 0 aliphatic rings. The van der Waals surface area contributed by atoms with Crippen molar-refractivity contribution in [1.29, 1.82) is 0 Å². The number of nitrogens with two attached hydrogens (primary N) is 1. The third-order valence-corrected chi connectivity index (χ3v) is 2.38. The summed E-state index contributed by atoms with van der Waals surface area (Å²) in [5.74, 6) is 0.956. The molecule has 1 aromatic carbocycles. The molecule has 4 N–H and O–H groups in total. The van der Waals surface area contributed by atoms with Gasteiger partial charge in [-0.15, -0.1) is 0 Å². The van der Waals surface area contributed by atoms with E-state index in [9.17, 15) is 5.11 Å². The lowest BCUT2D eigenvalue weighted by Crippen LogP contribution is -2.15. The summed E-state index contributed by atoms with van der Waals surface area (Å²) in [5.41, 5.74) is 6.44. The van der Waals surface area contributed by atoms with Crippen molar-refractivity contribution in [3.8, 4) is 0 Å². The molecular formula is C12H14N4O. The van der Waals surface area contributed by atoms with Gasteiger partial charge in [-0.1, -0.05) is 30.3 Å². The molecule has 88 valence electrons. The van der Waals surface area contributed by atoms with E-state index in [1.165, 1.54) is 6.20 Å². The molecule has 5 heteroatoms. The molecule has 2 aromatic rings. The predicted octanol–water partition coefficient (Wildman–Crippen LogP) is 1.20. The van der Waals surface area contributed by atoms with Crippen molar-refractivity contribution in [3.63, 3.8) is 0 Å². The van der Waals surface area contributed by atoms with Gasteiger partial charge in [0.2, 0.25) is 0 Å². The van der Waals surface area contributed by atoms with Crippen molar-refractivity contribution in [3.05, 3.63) is 48.3 Å². The van der Waals surface area contributed by atoms with Gasteiger partial charge in [0.25, 0.3) is 0 Å². The normalized spacial score (nSPS) is 12.1. The molecule has 1 aromatic heterocycles. The van der Waals surface area contributed by atoms with Crippen LogP contribution in [0.2, 0.25) is 0 Å². The van der Waals surface area contributed by atoms with Crippen molar-refractivity contribution in [2.75, 3.05) is 17.7 Å². The van der Waals surface area contributed by atoms with Crippen molar-refractivity contribution in [2.45, 2.75) is 6.04 Å². The van der Waals surface area contributed by atoms with Gasteiger partial charge in [0.15, 0.2) is 0 Å². The highest BCUT2D eigenvalue weighted by atomic mass is 16.3. The third kappa shape index (κ3) is 2.92. The Morgan fingerprint density at radius 1 is 1.18 bits per heavy atom. The summed E-state index contributed by atoms with van der Waals surface area (Å²) in [4.78, 5) is 8.01. The van der Waals surface area contributed by atoms with Crippen LogP contribution in [0.1, 0.15) is 11.6 Å². The number of nitrogens with zero attached hydrogens (tertiary/aromatic N) is 2. The van der Waals surface area contributed by atoms with Crippen LogP contribution in [0, 0.1) is 0 Å². The molecule has 0 bridgehead atoms. The second-order valence-electron chi connectivity index (χ2n) is 3.62. The van der Waals surface area contributed by atoms with E-state index in [2.05, 4.69) is 15.3 Å². The summed E-state index contributed by atoms with van der Waals surface area (Å²) in [6, 6.07) is 9.47. The van der Waals surface area contributed by atoms with Crippen LogP contribution >= 0.6 is 0 Å². The minimum atomic E-state index is -0.200. The smallest absolute Gasteiger partial charge is 0.145 e. The summed E-state index contributed by atoms with van der Waals surface area (Å²) in [6.07, 6.45) is 3.02. The molecule has 0 saturated carbocycles. The summed E-state index contributed by atoms with van der Waals surface area (Å²) in [7, 11) is 0. The number of rotatable bonds is 4. The first-order chi connectivity index (χ1) is 8.29. The first kappa shape index (κ1) is 11.3. The zero-order chi connectivity index (χ0) is 12.1. The van der Waals surface area contributed by atoms with Crippen LogP contribution < -0.4 is 11.1 Å². The van der Waals surface area contributed by atoms with E-state index >= 15 is 0 Å². The average Bonchev–Trinajstić information content (AvgIpc) is 2.39. The average molecular weight is 230 g/mol. The highest BCUT2D eigenvalue weighted by Crippen LogP contribution is 2.17. The van der Waals surface area contributed by atoms with Crippen LogP contribution in [-0.2, 0) is 0 Å². The first-order valence-corrected chi connectivity index (χ1v) is 5.29. The number of nitrogen functional groups attached to an aromatic ring is 1. The molecule has 5 nitrogen and oxygen atoms in total. The number of aliphatic hydroxyl groups is 1. The lowest BCUT2D eigenvalue weighted by Gasteiger charge is -2.16. The molecule has 0 saturated heterocycles. The molecule has 0 aliphatic carbocycles. The maximum absolute atomic E-state index is 9.36. The van der Waals surface area contributed by atoms with Gasteiger partial charge in [0, 0.05) is 0 Å². The van der Waals surface area contributed by atoms with Crippen LogP contribution in [0.3, 0.4) is 0 Å². The molecule has 0 fully saturated rings. The molecule has 1 unspecified atom stereocenters. The van der Waals surface area contributed by atoms with Crippen molar-refractivity contribution in [1.82, 2.24) is 9.97 Å². The Bertz CT molecular complexity index is 458. The van der Waals surface area contributed by atoms with Crippen LogP contribution in [-0.4, -0.2) is 21.7 Å². The van der Waals surface area contributed by atoms with Gasteiger partial charge in [0.05, 0.1) is 25.0 Å². The zero-order valence-corrected chi connectivity index (χ0v) is 9.24. The van der Waals surface area contributed by atoms with Gasteiger partial charge < -0.3 is 16.2 Å². The molecule has 0 amide bonds. The summed E-state index contributed by atoms with van der Waals surface area (Å²) < 4.78 is 0. The Kier molecular flexibility index (Phi) is 3.52. The number of hydrogen-bond donors (Lipinski definition) is 3. The zero-order valence-electron chi connectivity index (χ0n) is 9.24. The maximum Gasteiger partial charge on any atom is 0.145 e. The van der Waals surface area contributed by atoms with E-state index in [0.717, 1.165) is 5.56 Å². The van der Waals surface area contributed by atoms with E-state index in [1.54, 1.807) is 6.20 Å². The van der Waals surface area contributed by atoms with Gasteiger partial charge in [-0.25, -0.2) is 9.97 Å². The molecule has 0 radical (unpaired) electrons. The number of nitrogens with one attached hydrogen (secondary N) is 1. The van der Waals surface area contributed by atoms with E-state index in [0.29, 0.717) is 11.6 Å². The summed E-state index contributed by atoms with van der Waals surface area (Å²) in [6.45, 7) is -0.0178. The first-order valence-electron chi connectivity index (χ1n) is 5.29. The van der Waals surface area contributed by atoms with Crippen LogP contribution in [0.5, 0.6) is 0 Å². The lowest BCUT2D eigenvalue weighted by molar-refractivity contribution is 0.276. The lowest BCUT2D eigenvalue weighted by atomic mass is 10.1. The molecule has 1 atom stereocenters. The Hall–Kier alpha value is -2.14. The number of hydrogen-bond acceptors (Lipinski definition) is 5. The number of benzene rings is 1. The fourth-order valence-electron chi connectivity index (χ4n) is 1.51. The standard InChI is InChI=1S/C12H14N4O/c13-11-6-15-12(7-14-11)16-10(8-17)9-4-2-1-3-5-9/h1-7,10,17H,8H2,(H2,13,14)(H,15,16). The van der Waals surface area contributed by atoms with Crippen LogP contribution in [0.4, 0.5) is 11.6 Å². The van der Waals surface area contributed by atoms with Crippen molar-refractivity contribution >= 4 is 11.6 Å². The van der Waals surface area contributed by atoms with Crippen LogP contribution in [0.15, 0.2) is 42.7 Å². The third-order valence-electron chi connectivity index (χ3n) is 2.38. The quantitative estimate of drug-likeness (QED) is 0.735. The summed E-state index contributed by atoms with van der Waals surface area (Å²) >= 11 is 0. The van der Waals surface area contributed by atoms with E-state index in [1.807, 2.05) is 30.3 Å². The highest BCUT2D eigenvalue weighted by Gasteiger charge is 2.10. The molecule has 2 rings (SSSR count). The van der Waals surface area contributed by atoms with Gasteiger partial charge >= 0.3 is 0 Å². The van der Waals surface area contributed by atoms with E-state index in [4.69, 9.17) is 5.73 Å². The largest absolute Gasteiger partial charge is 0.394 e. The Morgan fingerprint density at radius 2 is 1.94 bits per heavy atom. The number of aromatic nitrogens is 2. The second-order valence-corrected chi connectivity index (χ2v) is 3.62. The van der Waals surface area contributed by atoms with Gasteiger partial charge in [-0.3, -0.25) is 0 Å². The highest BCUT2D eigenvalue weighted by molar-refractivity contribution is 5.39. The topological polar surface area (TPSA) is 84.1 Å². The minimum absolute atomic E-state index is 0.0178.